The van der Waals surface area contributed by atoms with Crippen molar-refractivity contribution in [3.8, 4) is 0 Å². The van der Waals surface area contributed by atoms with Crippen LogP contribution in [0.25, 0.3) is 0 Å². The van der Waals surface area contributed by atoms with Gasteiger partial charge in [-0.1, -0.05) is 19.8 Å². The molecule has 19 heavy (non-hydrogen) atoms. The highest BCUT2D eigenvalue weighted by Crippen LogP contribution is 2.39. The van der Waals surface area contributed by atoms with Gasteiger partial charge in [0.2, 0.25) is 0 Å². The molecule has 3 rings (SSSR count). The Hall–Kier alpha value is -0.770. The second-order valence-corrected chi connectivity index (χ2v) is 6.70. The Balaban J connectivity index is 1.81. The van der Waals surface area contributed by atoms with Crippen molar-refractivity contribution in [3.63, 3.8) is 0 Å². The zero-order valence-corrected chi connectivity index (χ0v) is 12.9. The molecule has 1 aliphatic carbocycles. The smallest absolute Gasteiger partial charge is 0.257 e. The van der Waals surface area contributed by atoms with E-state index in [1.54, 1.807) is 12.3 Å². The number of amides is 1. The van der Waals surface area contributed by atoms with Gasteiger partial charge in [-0.15, -0.1) is 0 Å². The Bertz CT molecular complexity index is 470. The topological polar surface area (TPSA) is 33.5 Å². The summed E-state index contributed by atoms with van der Waals surface area (Å²) in [7, 11) is 0. The molecular formula is C15H20BrNO2. The second kappa shape index (κ2) is 5.31. The fraction of sp³-hybridized carbons (Fsp3) is 0.667. The minimum Gasteiger partial charge on any atom is -0.457 e. The molecular weight excluding hydrogens is 306 g/mol. The lowest BCUT2D eigenvalue weighted by molar-refractivity contribution is 0.0217. The lowest BCUT2D eigenvalue weighted by Gasteiger charge is -2.47. The Kier molecular flexibility index (Phi) is 3.70. The van der Waals surface area contributed by atoms with E-state index in [0.717, 1.165) is 18.9 Å². The van der Waals surface area contributed by atoms with E-state index in [-0.39, 0.29) is 5.91 Å². The number of carbonyl (C=O) groups is 1. The molecule has 104 valence electrons. The summed E-state index contributed by atoms with van der Waals surface area (Å²) in [5.41, 5.74) is 0.672. The predicted molar refractivity (Wildman–Crippen MR) is 77.0 cm³/mol. The van der Waals surface area contributed by atoms with Crippen molar-refractivity contribution in [3.05, 3.63) is 22.6 Å². The molecule has 3 atom stereocenters. The molecule has 0 bridgehead atoms. The van der Waals surface area contributed by atoms with E-state index in [0.29, 0.717) is 22.2 Å². The predicted octanol–water partition coefficient (Wildman–Crippen LogP) is 4.08. The highest BCUT2D eigenvalue weighted by Gasteiger charge is 2.39. The number of furan rings is 1. The molecule has 0 aromatic carbocycles. The molecule has 1 aromatic rings. The first kappa shape index (κ1) is 13.2. The Labute approximate surface area is 122 Å². The van der Waals surface area contributed by atoms with Gasteiger partial charge in [0.1, 0.15) is 6.26 Å². The van der Waals surface area contributed by atoms with Crippen LogP contribution in [0.4, 0.5) is 0 Å². The monoisotopic (exact) mass is 325 g/mol. The van der Waals surface area contributed by atoms with Gasteiger partial charge in [-0.3, -0.25) is 4.79 Å². The van der Waals surface area contributed by atoms with Crippen LogP contribution in [-0.4, -0.2) is 23.4 Å². The maximum atomic E-state index is 12.6. The molecule has 4 heteroatoms. The molecule has 1 aromatic heterocycles. The average molecular weight is 326 g/mol. The van der Waals surface area contributed by atoms with Crippen molar-refractivity contribution in [1.29, 1.82) is 0 Å². The third kappa shape index (κ3) is 2.47. The van der Waals surface area contributed by atoms with Crippen molar-refractivity contribution < 1.29 is 9.21 Å². The van der Waals surface area contributed by atoms with Crippen LogP contribution < -0.4 is 0 Å². The van der Waals surface area contributed by atoms with Crippen molar-refractivity contribution in [1.82, 2.24) is 4.90 Å². The van der Waals surface area contributed by atoms with Gasteiger partial charge in [-0.25, -0.2) is 0 Å². The van der Waals surface area contributed by atoms with Crippen LogP contribution in [0.2, 0.25) is 0 Å². The third-order valence-electron chi connectivity index (χ3n) is 4.81. The number of hydrogen-bond acceptors (Lipinski definition) is 2. The minimum atomic E-state index is 0.137. The summed E-state index contributed by atoms with van der Waals surface area (Å²) in [6, 6.07) is 2.22. The molecule has 0 radical (unpaired) electrons. The first-order chi connectivity index (χ1) is 9.16. The maximum absolute atomic E-state index is 12.6. The van der Waals surface area contributed by atoms with Crippen molar-refractivity contribution in [2.24, 2.45) is 11.8 Å². The SMILES string of the molecule is CC1CCN(C(=O)c2coc(Br)c2)C2CCCCC12. The van der Waals surface area contributed by atoms with Gasteiger partial charge in [0, 0.05) is 18.7 Å². The minimum absolute atomic E-state index is 0.137. The largest absolute Gasteiger partial charge is 0.457 e. The van der Waals surface area contributed by atoms with Gasteiger partial charge < -0.3 is 9.32 Å². The third-order valence-corrected chi connectivity index (χ3v) is 5.23. The number of carbonyl (C=O) groups excluding carboxylic acids is 1. The van der Waals surface area contributed by atoms with Crippen LogP contribution >= 0.6 is 15.9 Å². The molecule has 3 nitrogen and oxygen atoms in total. The van der Waals surface area contributed by atoms with Gasteiger partial charge >= 0.3 is 0 Å². The van der Waals surface area contributed by atoms with E-state index in [9.17, 15) is 4.79 Å². The second-order valence-electron chi connectivity index (χ2n) is 5.92. The Morgan fingerprint density at radius 3 is 2.89 bits per heavy atom. The summed E-state index contributed by atoms with van der Waals surface area (Å²) in [6.45, 7) is 3.24. The lowest BCUT2D eigenvalue weighted by Crippen LogP contribution is -2.52. The van der Waals surface area contributed by atoms with Crippen LogP contribution in [0.5, 0.6) is 0 Å². The molecule has 1 amide bonds. The maximum Gasteiger partial charge on any atom is 0.257 e. The quantitative estimate of drug-likeness (QED) is 0.779. The van der Waals surface area contributed by atoms with Crippen LogP contribution in [-0.2, 0) is 0 Å². The summed E-state index contributed by atoms with van der Waals surface area (Å²) in [4.78, 5) is 14.7. The summed E-state index contributed by atoms with van der Waals surface area (Å²) in [5.74, 6) is 1.59. The lowest BCUT2D eigenvalue weighted by atomic mass is 9.72. The summed E-state index contributed by atoms with van der Waals surface area (Å²) >= 11 is 3.27. The first-order valence-electron chi connectivity index (χ1n) is 7.22. The summed E-state index contributed by atoms with van der Waals surface area (Å²) < 4.78 is 5.83. The number of piperidine rings is 1. The Morgan fingerprint density at radius 2 is 2.16 bits per heavy atom. The average Bonchev–Trinajstić information content (AvgIpc) is 2.86. The van der Waals surface area contributed by atoms with Gasteiger partial charge in [0.05, 0.1) is 5.56 Å². The molecule has 1 saturated carbocycles. The number of nitrogens with zero attached hydrogens (tertiary/aromatic N) is 1. The zero-order chi connectivity index (χ0) is 13.4. The molecule has 2 aliphatic rings. The number of halogens is 1. The summed E-state index contributed by atoms with van der Waals surface area (Å²) in [6.07, 6.45) is 7.72. The zero-order valence-electron chi connectivity index (χ0n) is 11.3. The van der Waals surface area contributed by atoms with Gasteiger partial charge in [-0.2, -0.15) is 0 Å². The number of rotatable bonds is 1. The highest BCUT2D eigenvalue weighted by molar-refractivity contribution is 9.10. The fourth-order valence-corrected chi connectivity index (χ4v) is 4.09. The standard InChI is InChI=1S/C15H20BrNO2/c1-10-6-7-17(13-5-3-2-4-12(10)13)15(18)11-8-14(16)19-9-11/h8-10,12-13H,2-7H2,1H3. The first-order valence-corrected chi connectivity index (χ1v) is 8.01. The number of fused-ring (bicyclic) bond motifs is 1. The molecule has 0 N–H and O–H groups in total. The van der Waals surface area contributed by atoms with Crippen LogP contribution in [0.3, 0.4) is 0 Å². The van der Waals surface area contributed by atoms with E-state index in [1.165, 1.54) is 25.7 Å². The van der Waals surface area contributed by atoms with Crippen molar-refractivity contribution in [2.75, 3.05) is 6.54 Å². The van der Waals surface area contributed by atoms with Crippen LogP contribution in [0, 0.1) is 11.8 Å². The Morgan fingerprint density at radius 1 is 1.37 bits per heavy atom. The summed E-state index contributed by atoms with van der Waals surface area (Å²) in [5, 5.41) is 0. The van der Waals surface area contributed by atoms with E-state index >= 15 is 0 Å². The number of hydrogen-bond donors (Lipinski definition) is 0. The van der Waals surface area contributed by atoms with Gasteiger partial charge in [0.25, 0.3) is 5.91 Å². The van der Waals surface area contributed by atoms with Crippen molar-refractivity contribution >= 4 is 21.8 Å². The molecule has 1 saturated heterocycles. The van der Waals surface area contributed by atoms with E-state index in [1.807, 2.05) is 0 Å². The van der Waals surface area contributed by atoms with E-state index in [4.69, 9.17) is 4.42 Å². The van der Waals surface area contributed by atoms with Gasteiger partial charge in [0.15, 0.2) is 4.67 Å². The number of likely N-dealkylation sites (tertiary alicyclic amines) is 1. The molecule has 2 heterocycles. The van der Waals surface area contributed by atoms with Gasteiger partial charge in [-0.05, 0) is 47.0 Å². The van der Waals surface area contributed by atoms with E-state index < -0.39 is 0 Å². The normalized spacial score (nSPS) is 31.1. The molecule has 2 fully saturated rings. The van der Waals surface area contributed by atoms with Crippen LogP contribution in [0.15, 0.2) is 21.4 Å². The fourth-order valence-electron chi connectivity index (χ4n) is 3.75. The van der Waals surface area contributed by atoms with E-state index in [2.05, 4.69) is 27.8 Å². The molecule has 1 aliphatic heterocycles. The molecule has 0 spiro atoms. The molecule has 3 unspecified atom stereocenters. The van der Waals surface area contributed by atoms with Crippen LogP contribution in [0.1, 0.15) is 49.4 Å². The highest BCUT2D eigenvalue weighted by atomic mass is 79.9. The van der Waals surface area contributed by atoms with Crippen molar-refractivity contribution in [2.45, 2.75) is 45.1 Å².